The molecule has 118 valence electrons. The highest BCUT2D eigenvalue weighted by Gasteiger charge is 2.35. The number of piperidine rings is 1. The fraction of sp³-hybridized carbons (Fsp3) is 0.600. The quantitative estimate of drug-likeness (QED) is 0.870. The van der Waals surface area contributed by atoms with Crippen molar-refractivity contribution in [1.29, 1.82) is 0 Å². The van der Waals surface area contributed by atoms with E-state index in [1.165, 1.54) is 13.2 Å². The van der Waals surface area contributed by atoms with Gasteiger partial charge in [0.05, 0.1) is 7.11 Å². The summed E-state index contributed by atoms with van der Waals surface area (Å²) in [6.07, 6.45) is 1.90. The van der Waals surface area contributed by atoms with E-state index in [2.05, 4.69) is 13.8 Å². The Kier molecular flexibility index (Phi) is 4.22. The summed E-state index contributed by atoms with van der Waals surface area (Å²) in [4.78, 5) is 0.158. The Labute approximate surface area is 127 Å². The molecule has 0 atom stereocenters. The Hall–Kier alpha value is -1.27. The SMILES string of the molecule is COc1cc(C)c(N)cc1S(=O)(=O)N1CCCC(C)(C)C1. The Bertz CT molecular complexity index is 639. The molecule has 0 saturated carbocycles. The van der Waals surface area contributed by atoms with Gasteiger partial charge in [0, 0.05) is 18.8 Å². The number of hydrogen-bond acceptors (Lipinski definition) is 4. The van der Waals surface area contributed by atoms with Crippen molar-refractivity contribution < 1.29 is 13.2 Å². The molecule has 1 aromatic rings. The van der Waals surface area contributed by atoms with Crippen molar-refractivity contribution in [2.75, 3.05) is 25.9 Å². The summed E-state index contributed by atoms with van der Waals surface area (Å²) in [6, 6.07) is 3.18. The monoisotopic (exact) mass is 312 g/mol. The summed E-state index contributed by atoms with van der Waals surface area (Å²) in [5.74, 6) is 0.352. The molecule has 0 spiro atoms. The van der Waals surface area contributed by atoms with Gasteiger partial charge in [0.15, 0.2) is 0 Å². The summed E-state index contributed by atoms with van der Waals surface area (Å²) < 4.78 is 32.6. The van der Waals surface area contributed by atoms with Crippen molar-refractivity contribution >= 4 is 15.7 Å². The summed E-state index contributed by atoms with van der Waals surface area (Å²) >= 11 is 0. The van der Waals surface area contributed by atoms with E-state index in [4.69, 9.17) is 10.5 Å². The number of ether oxygens (including phenoxy) is 1. The van der Waals surface area contributed by atoms with Crippen LogP contribution in [0.2, 0.25) is 0 Å². The van der Waals surface area contributed by atoms with Crippen LogP contribution in [0.5, 0.6) is 5.75 Å². The number of hydrogen-bond donors (Lipinski definition) is 1. The molecule has 0 amide bonds. The van der Waals surface area contributed by atoms with E-state index < -0.39 is 10.0 Å². The van der Waals surface area contributed by atoms with Gasteiger partial charge in [0.1, 0.15) is 10.6 Å². The van der Waals surface area contributed by atoms with E-state index in [0.717, 1.165) is 18.4 Å². The van der Waals surface area contributed by atoms with Crippen molar-refractivity contribution in [3.63, 3.8) is 0 Å². The number of aryl methyl sites for hydroxylation is 1. The zero-order valence-corrected chi connectivity index (χ0v) is 14.0. The first-order chi connectivity index (χ1) is 9.67. The number of nitrogen functional groups attached to an aromatic ring is 1. The van der Waals surface area contributed by atoms with Gasteiger partial charge < -0.3 is 10.5 Å². The highest BCUT2D eigenvalue weighted by atomic mass is 32.2. The van der Waals surface area contributed by atoms with Gasteiger partial charge in [-0.15, -0.1) is 0 Å². The average molecular weight is 312 g/mol. The first-order valence-corrected chi connectivity index (χ1v) is 8.56. The summed E-state index contributed by atoms with van der Waals surface area (Å²) in [7, 11) is -2.11. The van der Waals surface area contributed by atoms with E-state index in [1.54, 1.807) is 10.4 Å². The minimum atomic E-state index is -3.59. The summed E-state index contributed by atoms with van der Waals surface area (Å²) in [5, 5.41) is 0. The predicted octanol–water partition coefficient (Wildman–Crippen LogP) is 2.40. The van der Waals surface area contributed by atoms with Gasteiger partial charge >= 0.3 is 0 Å². The standard InChI is InChI=1S/C15H24N2O3S/c1-11-8-13(20-4)14(9-12(11)16)21(18,19)17-7-5-6-15(2,3)10-17/h8-9H,5-7,10,16H2,1-4H3. The van der Waals surface area contributed by atoms with Crippen LogP contribution in [0.25, 0.3) is 0 Å². The van der Waals surface area contributed by atoms with Gasteiger partial charge in [0.2, 0.25) is 10.0 Å². The molecule has 6 heteroatoms. The second-order valence-electron chi connectivity index (χ2n) is 6.47. The maximum Gasteiger partial charge on any atom is 0.246 e. The molecule has 5 nitrogen and oxygen atoms in total. The zero-order valence-electron chi connectivity index (χ0n) is 13.1. The molecule has 0 unspecified atom stereocenters. The molecule has 0 radical (unpaired) electrons. The lowest BCUT2D eigenvalue weighted by atomic mass is 9.85. The van der Waals surface area contributed by atoms with E-state index >= 15 is 0 Å². The Morgan fingerprint density at radius 1 is 1.33 bits per heavy atom. The third-order valence-corrected chi connectivity index (χ3v) is 5.90. The lowest BCUT2D eigenvalue weighted by Gasteiger charge is -2.37. The molecular formula is C15H24N2O3S. The molecule has 1 heterocycles. The Morgan fingerprint density at radius 2 is 2.00 bits per heavy atom. The Balaban J connectivity index is 2.47. The number of nitrogens with two attached hydrogens (primary N) is 1. The van der Waals surface area contributed by atoms with Gasteiger partial charge in [-0.3, -0.25) is 0 Å². The van der Waals surface area contributed by atoms with Crippen LogP contribution in [0, 0.1) is 12.3 Å². The number of methoxy groups -OCH3 is 1. The van der Waals surface area contributed by atoms with Crippen LogP contribution in [-0.4, -0.2) is 32.9 Å². The van der Waals surface area contributed by atoms with E-state index in [0.29, 0.717) is 24.5 Å². The lowest BCUT2D eigenvalue weighted by molar-refractivity contribution is 0.186. The normalized spacial score (nSPS) is 19.4. The highest BCUT2D eigenvalue weighted by Crippen LogP contribution is 2.35. The van der Waals surface area contributed by atoms with Crippen molar-refractivity contribution in [2.24, 2.45) is 5.41 Å². The van der Waals surface area contributed by atoms with E-state index in [-0.39, 0.29) is 10.3 Å². The number of anilines is 1. The van der Waals surface area contributed by atoms with Crippen molar-refractivity contribution in [2.45, 2.75) is 38.5 Å². The summed E-state index contributed by atoms with van der Waals surface area (Å²) in [5.41, 5.74) is 7.15. The molecule has 1 fully saturated rings. The fourth-order valence-electron chi connectivity index (χ4n) is 2.75. The van der Waals surface area contributed by atoms with Crippen LogP contribution < -0.4 is 10.5 Å². The molecule has 1 saturated heterocycles. The molecule has 2 N–H and O–H groups in total. The zero-order chi connectivity index (χ0) is 15.8. The molecule has 1 aromatic carbocycles. The number of nitrogens with zero attached hydrogens (tertiary/aromatic N) is 1. The van der Waals surface area contributed by atoms with Gasteiger partial charge in [-0.05, 0) is 42.9 Å². The largest absolute Gasteiger partial charge is 0.495 e. The van der Waals surface area contributed by atoms with Gasteiger partial charge in [0.25, 0.3) is 0 Å². The molecular weight excluding hydrogens is 288 g/mol. The van der Waals surface area contributed by atoms with Gasteiger partial charge in [-0.25, -0.2) is 8.42 Å². The van der Waals surface area contributed by atoms with Crippen LogP contribution in [0.4, 0.5) is 5.69 Å². The van der Waals surface area contributed by atoms with Crippen LogP contribution in [0.1, 0.15) is 32.3 Å². The molecule has 2 rings (SSSR count). The highest BCUT2D eigenvalue weighted by molar-refractivity contribution is 7.89. The smallest absolute Gasteiger partial charge is 0.246 e. The second kappa shape index (κ2) is 5.50. The lowest BCUT2D eigenvalue weighted by Crippen LogP contribution is -2.43. The Morgan fingerprint density at radius 3 is 2.57 bits per heavy atom. The first kappa shape index (κ1) is 16.1. The third kappa shape index (κ3) is 3.16. The first-order valence-electron chi connectivity index (χ1n) is 7.12. The van der Waals surface area contributed by atoms with E-state index in [1.807, 2.05) is 6.92 Å². The maximum atomic E-state index is 12.9. The third-order valence-electron chi connectivity index (χ3n) is 4.04. The number of rotatable bonds is 3. The molecule has 1 aliphatic rings. The van der Waals surface area contributed by atoms with Crippen LogP contribution in [0.3, 0.4) is 0 Å². The number of benzene rings is 1. The number of sulfonamides is 1. The van der Waals surface area contributed by atoms with Crippen LogP contribution in [-0.2, 0) is 10.0 Å². The molecule has 0 aliphatic carbocycles. The maximum absolute atomic E-state index is 12.9. The van der Waals surface area contributed by atoms with E-state index in [9.17, 15) is 8.42 Å². The van der Waals surface area contributed by atoms with Crippen LogP contribution in [0.15, 0.2) is 17.0 Å². The van der Waals surface area contributed by atoms with Gasteiger partial charge in [-0.1, -0.05) is 13.8 Å². The van der Waals surface area contributed by atoms with Crippen molar-refractivity contribution in [3.8, 4) is 5.75 Å². The fourth-order valence-corrected chi connectivity index (χ4v) is 4.59. The van der Waals surface area contributed by atoms with Gasteiger partial charge in [-0.2, -0.15) is 4.31 Å². The molecule has 0 aromatic heterocycles. The molecule has 0 bridgehead atoms. The van der Waals surface area contributed by atoms with Crippen molar-refractivity contribution in [1.82, 2.24) is 4.31 Å². The second-order valence-corrected chi connectivity index (χ2v) is 8.37. The predicted molar refractivity (Wildman–Crippen MR) is 83.9 cm³/mol. The topological polar surface area (TPSA) is 72.6 Å². The minimum absolute atomic E-state index is 0.00516. The molecule has 1 aliphatic heterocycles. The minimum Gasteiger partial charge on any atom is -0.495 e. The summed E-state index contributed by atoms with van der Waals surface area (Å²) in [6.45, 7) is 7.08. The molecule has 21 heavy (non-hydrogen) atoms. The van der Waals surface area contributed by atoms with Crippen LogP contribution >= 0.6 is 0 Å². The average Bonchev–Trinajstić information content (AvgIpc) is 2.40. The van der Waals surface area contributed by atoms with Crippen molar-refractivity contribution in [3.05, 3.63) is 17.7 Å².